The Morgan fingerprint density at radius 3 is 1.68 bits per heavy atom. The van der Waals surface area contributed by atoms with Gasteiger partial charge in [0, 0.05) is 16.7 Å². The normalized spacial score (nSPS) is 21.3. The van der Waals surface area contributed by atoms with Crippen LogP contribution < -0.4 is 17.2 Å². The molecule has 1 saturated carbocycles. The van der Waals surface area contributed by atoms with E-state index < -0.39 is 17.7 Å². The minimum Gasteiger partial charge on any atom is -0.366 e. The smallest absolute Gasteiger partial charge is 0.249 e. The van der Waals surface area contributed by atoms with Crippen molar-refractivity contribution in [3.63, 3.8) is 0 Å². The maximum atomic E-state index is 11.8. The summed E-state index contributed by atoms with van der Waals surface area (Å²) in [6, 6.07) is 2.73. The monoisotopic (exact) mass is 303 g/mol. The molecule has 0 bridgehead atoms. The molecule has 22 heavy (non-hydrogen) atoms. The number of primary amides is 3. The Labute approximate surface area is 129 Å². The van der Waals surface area contributed by atoms with Crippen molar-refractivity contribution in [3.8, 4) is 0 Å². The van der Waals surface area contributed by atoms with Crippen LogP contribution in [-0.4, -0.2) is 17.7 Å². The summed E-state index contributed by atoms with van der Waals surface area (Å²) in [5, 5.41) is 0. The third-order valence-electron chi connectivity index (χ3n) is 4.42. The van der Waals surface area contributed by atoms with Gasteiger partial charge in [0.25, 0.3) is 0 Å². The highest BCUT2D eigenvalue weighted by Gasteiger charge is 2.28. The van der Waals surface area contributed by atoms with Gasteiger partial charge in [0.05, 0.1) is 0 Å². The van der Waals surface area contributed by atoms with Crippen LogP contribution in [0.25, 0.3) is 0 Å². The number of carbonyl (C=O) groups is 3. The lowest BCUT2D eigenvalue weighted by molar-refractivity contribution is 0.0997. The molecule has 0 aromatic heterocycles. The summed E-state index contributed by atoms with van der Waals surface area (Å²) < 4.78 is 0. The maximum Gasteiger partial charge on any atom is 0.249 e. The summed E-state index contributed by atoms with van der Waals surface area (Å²) in [7, 11) is 0. The van der Waals surface area contributed by atoms with E-state index in [2.05, 4.69) is 6.92 Å². The molecular formula is C16H21N3O3. The number of benzene rings is 1. The van der Waals surface area contributed by atoms with E-state index in [1.54, 1.807) is 0 Å². The average Bonchev–Trinajstić information content (AvgIpc) is 2.46. The summed E-state index contributed by atoms with van der Waals surface area (Å²) in [5.41, 5.74) is 17.1. The second-order valence-electron chi connectivity index (χ2n) is 6.03. The third-order valence-corrected chi connectivity index (χ3v) is 4.42. The Morgan fingerprint density at radius 2 is 1.32 bits per heavy atom. The predicted octanol–water partition coefficient (Wildman–Crippen LogP) is 1.28. The van der Waals surface area contributed by atoms with Crippen LogP contribution in [0.4, 0.5) is 0 Å². The van der Waals surface area contributed by atoms with Gasteiger partial charge in [-0.1, -0.05) is 19.8 Å². The highest BCUT2D eigenvalue weighted by molar-refractivity contribution is 6.05. The van der Waals surface area contributed by atoms with Crippen LogP contribution in [0.15, 0.2) is 12.1 Å². The SMILES string of the molecule is C[C@H]1CC[C@@H](c2c(C(N)=O)cc(C(N)=O)cc2C(N)=O)CC1. The van der Waals surface area contributed by atoms with Crippen molar-refractivity contribution in [1.29, 1.82) is 0 Å². The second-order valence-corrected chi connectivity index (χ2v) is 6.03. The van der Waals surface area contributed by atoms with E-state index in [0.29, 0.717) is 11.5 Å². The largest absolute Gasteiger partial charge is 0.366 e. The molecule has 6 N–H and O–H groups in total. The minimum atomic E-state index is -0.728. The standard InChI is InChI=1S/C16H21N3O3/c1-8-2-4-9(5-3-8)13-11(15(18)21)6-10(14(17)20)7-12(13)16(19)22/h6-9H,2-5H2,1H3,(H2,17,20)(H2,18,21)(H2,19,22)/t8-,9+. The van der Waals surface area contributed by atoms with Crippen molar-refractivity contribution in [1.82, 2.24) is 0 Å². The van der Waals surface area contributed by atoms with Gasteiger partial charge in [-0.15, -0.1) is 0 Å². The Balaban J connectivity index is 2.61. The number of hydrogen-bond acceptors (Lipinski definition) is 3. The zero-order valence-electron chi connectivity index (χ0n) is 12.6. The highest BCUT2D eigenvalue weighted by Crippen LogP contribution is 2.38. The molecule has 0 spiro atoms. The average molecular weight is 303 g/mol. The van der Waals surface area contributed by atoms with E-state index in [1.807, 2.05) is 0 Å². The van der Waals surface area contributed by atoms with Crippen molar-refractivity contribution in [3.05, 3.63) is 34.4 Å². The van der Waals surface area contributed by atoms with Crippen LogP contribution in [0.3, 0.4) is 0 Å². The van der Waals surface area contributed by atoms with Crippen molar-refractivity contribution in [2.75, 3.05) is 0 Å². The molecule has 0 radical (unpaired) electrons. The molecule has 1 aromatic carbocycles. The van der Waals surface area contributed by atoms with E-state index in [9.17, 15) is 14.4 Å². The topological polar surface area (TPSA) is 129 Å². The van der Waals surface area contributed by atoms with Crippen LogP contribution in [-0.2, 0) is 0 Å². The molecule has 2 rings (SSSR count). The van der Waals surface area contributed by atoms with Gasteiger partial charge >= 0.3 is 0 Å². The van der Waals surface area contributed by atoms with E-state index in [-0.39, 0.29) is 22.6 Å². The summed E-state index contributed by atoms with van der Waals surface area (Å²) in [5.74, 6) is -1.43. The number of amides is 3. The first-order chi connectivity index (χ1) is 10.3. The Morgan fingerprint density at radius 1 is 0.864 bits per heavy atom. The molecule has 0 atom stereocenters. The molecule has 1 aromatic rings. The Hall–Kier alpha value is -2.37. The molecular weight excluding hydrogens is 282 g/mol. The van der Waals surface area contributed by atoms with Gasteiger partial charge in [-0.3, -0.25) is 14.4 Å². The zero-order valence-corrected chi connectivity index (χ0v) is 12.6. The first-order valence-electron chi connectivity index (χ1n) is 7.38. The van der Waals surface area contributed by atoms with Crippen molar-refractivity contribution in [2.24, 2.45) is 23.1 Å². The molecule has 0 aliphatic heterocycles. The van der Waals surface area contributed by atoms with E-state index in [4.69, 9.17) is 17.2 Å². The lowest BCUT2D eigenvalue weighted by Crippen LogP contribution is -2.25. The fourth-order valence-electron chi connectivity index (χ4n) is 3.19. The van der Waals surface area contributed by atoms with Gasteiger partial charge < -0.3 is 17.2 Å². The van der Waals surface area contributed by atoms with Crippen LogP contribution in [0.5, 0.6) is 0 Å². The number of rotatable bonds is 4. The van der Waals surface area contributed by atoms with Crippen LogP contribution in [0.2, 0.25) is 0 Å². The Kier molecular flexibility index (Phi) is 4.49. The quantitative estimate of drug-likeness (QED) is 0.774. The number of hydrogen-bond donors (Lipinski definition) is 3. The molecule has 6 heteroatoms. The lowest BCUT2D eigenvalue weighted by Gasteiger charge is -2.29. The summed E-state index contributed by atoms with van der Waals surface area (Å²) in [6.45, 7) is 2.18. The van der Waals surface area contributed by atoms with Gasteiger partial charge in [0.1, 0.15) is 0 Å². The zero-order chi connectivity index (χ0) is 16.4. The summed E-state index contributed by atoms with van der Waals surface area (Å²) in [4.78, 5) is 35.0. The van der Waals surface area contributed by atoms with Crippen molar-refractivity contribution in [2.45, 2.75) is 38.5 Å². The first-order valence-corrected chi connectivity index (χ1v) is 7.38. The predicted molar refractivity (Wildman–Crippen MR) is 82.4 cm³/mol. The maximum absolute atomic E-state index is 11.8. The highest BCUT2D eigenvalue weighted by atomic mass is 16.2. The van der Waals surface area contributed by atoms with Gasteiger partial charge in [-0.25, -0.2) is 0 Å². The van der Waals surface area contributed by atoms with E-state index >= 15 is 0 Å². The van der Waals surface area contributed by atoms with Gasteiger partial charge in [-0.2, -0.15) is 0 Å². The fourth-order valence-corrected chi connectivity index (χ4v) is 3.19. The number of carbonyl (C=O) groups excluding carboxylic acids is 3. The van der Waals surface area contributed by atoms with Crippen LogP contribution >= 0.6 is 0 Å². The van der Waals surface area contributed by atoms with Crippen LogP contribution in [0, 0.1) is 5.92 Å². The molecule has 0 unspecified atom stereocenters. The van der Waals surface area contributed by atoms with E-state index in [0.717, 1.165) is 25.7 Å². The molecule has 0 saturated heterocycles. The van der Waals surface area contributed by atoms with Gasteiger partial charge in [0.15, 0.2) is 0 Å². The summed E-state index contributed by atoms with van der Waals surface area (Å²) in [6.07, 6.45) is 3.74. The lowest BCUT2D eigenvalue weighted by atomic mass is 9.76. The third kappa shape index (κ3) is 3.10. The molecule has 1 aliphatic rings. The van der Waals surface area contributed by atoms with E-state index in [1.165, 1.54) is 12.1 Å². The van der Waals surface area contributed by atoms with Crippen LogP contribution in [0.1, 0.15) is 75.2 Å². The fraction of sp³-hybridized carbons (Fsp3) is 0.438. The molecule has 0 heterocycles. The van der Waals surface area contributed by atoms with Crippen molar-refractivity contribution >= 4 is 17.7 Å². The molecule has 6 nitrogen and oxygen atoms in total. The second kappa shape index (κ2) is 6.17. The van der Waals surface area contributed by atoms with Gasteiger partial charge in [0.2, 0.25) is 17.7 Å². The minimum absolute atomic E-state index is 0.0446. The van der Waals surface area contributed by atoms with Crippen molar-refractivity contribution < 1.29 is 14.4 Å². The van der Waals surface area contributed by atoms with Gasteiger partial charge in [-0.05, 0) is 42.4 Å². The summed E-state index contributed by atoms with van der Waals surface area (Å²) >= 11 is 0. The number of nitrogens with two attached hydrogens (primary N) is 3. The first kappa shape index (κ1) is 16.0. The molecule has 3 amide bonds. The molecule has 118 valence electrons. The Bertz CT molecular complexity index is 597. The molecule has 1 aliphatic carbocycles. The molecule has 1 fully saturated rings.